The van der Waals surface area contributed by atoms with E-state index in [4.69, 9.17) is 0 Å². The van der Waals surface area contributed by atoms with Crippen LogP contribution in [0.25, 0.3) is 0 Å². The van der Waals surface area contributed by atoms with Crippen molar-refractivity contribution in [2.75, 3.05) is 26.2 Å². The Morgan fingerprint density at radius 3 is 2.68 bits per heavy atom. The van der Waals surface area contributed by atoms with Crippen LogP contribution in [-0.4, -0.2) is 48.9 Å². The van der Waals surface area contributed by atoms with Gasteiger partial charge in [-0.2, -0.15) is 0 Å². The Hall–Kier alpha value is -1.10. The van der Waals surface area contributed by atoms with Crippen LogP contribution in [0.1, 0.15) is 46.0 Å². The van der Waals surface area contributed by atoms with Gasteiger partial charge in [0.25, 0.3) is 0 Å². The molecule has 1 saturated heterocycles. The van der Waals surface area contributed by atoms with Crippen LogP contribution in [0.3, 0.4) is 0 Å². The highest BCUT2D eigenvalue weighted by atomic mass is 16.2. The molecule has 0 aromatic heterocycles. The topological polar surface area (TPSA) is 61.4 Å². The summed E-state index contributed by atoms with van der Waals surface area (Å²) in [5.41, 5.74) is 0. The summed E-state index contributed by atoms with van der Waals surface area (Å²) in [6, 6.07) is 0.297. The number of nitrogens with one attached hydrogen (secondary N) is 2. The summed E-state index contributed by atoms with van der Waals surface area (Å²) in [5.74, 6) is 0.0379. The first-order valence-corrected chi connectivity index (χ1v) is 7.45. The van der Waals surface area contributed by atoms with E-state index in [1.165, 1.54) is 0 Å². The summed E-state index contributed by atoms with van der Waals surface area (Å²) in [4.78, 5) is 25.6. The van der Waals surface area contributed by atoms with Gasteiger partial charge in [-0.05, 0) is 32.2 Å². The Bertz CT molecular complexity index is 288. The van der Waals surface area contributed by atoms with Crippen LogP contribution < -0.4 is 10.6 Å². The molecular formula is C14H27N3O2. The lowest BCUT2D eigenvalue weighted by Crippen LogP contribution is -2.43. The first kappa shape index (κ1) is 16.0. The summed E-state index contributed by atoms with van der Waals surface area (Å²) in [7, 11) is 0. The SMILES string of the molecule is CCCNC(=O)CN(CCC)C(=O)CC1CCCN1. The van der Waals surface area contributed by atoms with E-state index in [0.29, 0.717) is 25.6 Å². The Morgan fingerprint density at radius 1 is 1.32 bits per heavy atom. The van der Waals surface area contributed by atoms with Crippen LogP contribution in [0, 0.1) is 0 Å². The van der Waals surface area contributed by atoms with Crippen LogP contribution in [0.5, 0.6) is 0 Å². The average Bonchev–Trinajstić information content (AvgIpc) is 2.88. The van der Waals surface area contributed by atoms with Gasteiger partial charge in [0.05, 0.1) is 6.54 Å². The molecule has 1 fully saturated rings. The minimum absolute atomic E-state index is 0.0527. The third-order valence-electron chi connectivity index (χ3n) is 3.34. The van der Waals surface area contributed by atoms with Crippen molar-refractivity contribution in [3.05, 3.63) is 0 Å². The van der Waals surface area contributed by atoms with Crippen LogP contribution in [-0.2, 0) is 9.59 Å². The lowest BCUT2D eigenvalue weighted by atomic mass is 10.1. The number of nitrogens with zero attached hydrogens (tertiary/aromatic N) is 1. The number of carbonyl (C=O) groups excluding carboxylic acids is 2. The number of hydrogen-bond donors (Lipinski definition) is 2. The Balaban J connectivity index is 2.40. The second-order valence-electron chi connectivity index (χ2n) is 5.16. The van der Waals surface area contributed by atoms with Crippen molar-refractivity contribution in [3.8, 4) is 0 Å². The molecule has 1 aliphatic heterocycles. The third kappa shape index (κ3) is 6.05. The van der Waals surface area contributed by atoms with Crippen molar-refractivity contribution in [1.82, 2.24) is 15.5 Å². The summed E-state index contributed by atoms with van der Waals surface area (Å²) < 4.78 is 0. The molecule has 1 atom stereocenters. The molecule has 0 aliphatic carbocycles. The van der Waals surface area contributed by atoms with Gasteiger partial charge in [-0.3, -0.25) is 9.59 Å². The predicted molar refractivity (Wildman–Crippen MR) is 75.8 cm³/mol. The Labute approximate surface area is 116 Å². The van der Waals surface area contributed by atoms with Gasteiger partial charge >= 0.3 is 0 Å². The molecule has 2 amide bonds. The maximum Gasteiger partial charge on any atom is 0.239 e. The fourth-order valence-electron chi connectivity index (χ4n) is 2.33. The summed E-state index contributed by atoms with van der Waals surface area (Å²) in [5, 5.41) is 6.15. The van der Waals surface area contributed by atoms with Crippen molar-refractivity contribution in [2.45, 2.75) is 52.0 Å². The lowest BCUT2D eigenvalue weighted by molar-refractivity contribution is -0.136. The van der Waals surface area contributed by atoms with Gasteiger partial charge in [0, 0.05) is 25.6 Å². The quantitative estimate of drug-likeness (QED) is 0.688. The van der Waals surface area contributed by atoms with Crippen LogP contribution in [0.4, 0.5) is 0 Å². The summed E-state index contributed by atoms with van der Waals surface area (Å²) in [6.45, 7) is 6.57. The van der Waals surface area contributed by atoms with Gasteiger partial charge in [0.2, 0.25) is 11.8 Å². The van der Waals surface area contributed by atoms with E-state index in [1.807, 2.05) is 13.8 Å². The minimum Gasteiger partial charge on any atom is -0.355 e. The Morgan fingerprint density at radius 2 is 2.11 bits per heavy atom. The summed E-state index contributed by atoms with van der Waals surface area (Å²) in [6.07, 6.45) is 4.52. The van der Waals surface area contributed by atoms with E-state index < -0.39 is 0 Å². The molecule has 5 heteroatoms. The molecule has 0 radical (unpaired) electrons. The zero-order valence-electron chi connectivity index (χ0n) is 12.2. The molecule has 2 N–H and O–H groups in total. The monoisotopic (exact) mass is 269 g/mol. The van der Waals surface area contributed by atoms with Crippen LogP contribution in [0.15, 0.2) is 0 Å². The molecule has 1 heterocycles. The van der Waals surface area contributed by atoms with E-state index in [-0.39, 0.29) is 18.4 Å². The van der Waals surface area contributed by atoms with Crippen molar-refractivity contribution in [3.63, 3.8) is 0 Å². The molecule has 1 rings (SSSR count). The highest BCUT2D eigenvalue weighted by Crippen LogP contribution is 2.10. The molecular weight excluding hydrogens is 242 g/mol. The van der Waals surface area contributed by atoms with E-state index in [0.717, 1.165) is 32.2 Å². The first-order chi connectivity index (χ1) is 9.17. The molecule has 1 aliphatic rings. The standard InChI is InChI=1S/C14H27N3O2/c1-3-7-16-13(18)11-17(9-4-2)14(19)10-12-6-5-8-15-12/h12,15H,3-11H2,1-2H3,(H,16,18). The smallest absolute Gasteiger partial charge is 0.239 e. The maximum atomic E-state index is 12.2. The van der Waals surface area contributed by atoms with Gasteiger partial charge in [-0.25, -0.2) is 0 Å². The molecule has 5 nitrogen and oxygen atoms in total. The second-order valence-corrected chi connectivity index (χ2v) is 5.16. The van der Waals surface area contributed by atoms with Crippen molar-refractivity contribution >= 4 is 11.8 Å². The van der Waals surface area contributed by atoms with Gasteiger partial charge in [-0.1, -0.05) is 13.8 Å². The zero-order chi connectivity index (χ0) is 14.1. The van der Waals surface area contributed by atoms with Crippen LogP contribution in [0.2, 0.25) is 0 Å². The van der Waals surface area contributed by atoms with Gasteiger partial charge in [0.1, 0.15) is 0 Å². The number of carbonyl (C=O) groups is 2. The van der Waals surface area contributed by atoms with Crippen molar-refractivity contribution < 1.29 is 9.59 Å². The van der Waals surface area contributed by atoms with E-state index in [2.05, 4.69) is 10.6 Å². The number of rotatable bonds is 8. The highest BCUT2D eigenvalue weighted by molar-refractivity contribution is 5.85. The number of amides is 2. The zero-order valence-corrected chi connectivity index (χ0v) is 12.2. The lowest BCUT2D eigenvalue weighted by Gasteiger charge is -2.23. The molecule has 0 bridgehead atoms. The molecule has 110 valence electrons. The fourth-order valence-corrected chi connectivity index (χ4v) is 2.33. The summed E-state index contributed by atoms with van der Waals surface area (Å²) >= 11 is 0. The average molecular weight is 269 g/mol. The van der Waals surface area contributed by atoms with Crippen LogP contribution >= 0.6 is 0 Å². The fraction of sp³-hybridized carbons (Fsp3) is 0.857. The molecule has 1 unspecified atom stereocenters. The number of hydrogen-bond acceptors (Lipinski definition) is 3. The van der Waals surface area contributed by atoms with E-state index >= 15 is 0 Å². The van der Waals surface area contributed by atoms with Crippen molar-refractivity contribution in [1.29, 1.82) is 0 Å². The van der Waals surface area contributed by atoms with Crippen molar-refractivity contribution in [2.24, 2.45) is 0 Å². The first-order valence-electron chi connectivity index (χ1n) is 7.45. The molecule has 19 heavy (non-hydrogen) atoms. The largest absolute Gasteiger partial charge is 0.355 e. The molecule has 0 spiro atoms. The highest BCUT2D eigenvalue weighted by Gasteiger charge is 2.22. The molecule has 0 saturated carbocycles. The van der Waals surface area contributed by atoms with Gasteiger partial charge < -0.3 is 15.5 Å². The second kappa shape index (κ2) is 8.91. The van der Waals surface area contributed by atoms with Gasteiger partial charge in [-0.15, -0.1) is 0 Å². The van der Waals surface area contributed by atoms with E-state index in [9.17, 15) is 9.59 Å². The van der Waals surface area contributed by atoms with E-state index in [1.54, 1.807) is 4.90 Å². The normalized spacial score (nSPS) is 18.3. The third-order valence-corrected chi connectivity index (χ3v) is 3.34. The van der Waals surface area contributed by atoms with Gasteiger partial charge in [0.15, 0.2) is 0 Å². The molecule has 0 aromatic rings. The maximum absolute atomic E-state index is 12.2. The molecule has 0 aromatic carbocycles. The Kier molecular flexibility index (Phi) is 7.48. The predicted octanol–water partition coefficient (Wildman–Crippen LogP) is 0.893. The minimum atomic E-state index is -0.0527.